The number of aliphatic hydroxyl groups is 1. The van der Waals surface area contributed by atoms with Crippen molar-refractivity contribution < 1.29 is 14.4 Å². The molecule has 1 N–H and O–H groups in total. The number of carbonyl (C=O) groups is 1. The fourth-order valence-electron chi connectivity index (χ4n) is 2.53. The van der Waals surface area contributed by atoms with E-state index in [1.165, 1.54) is 0 Å². The monoisotopic (exact) mass is 272 g/mol. The molecule has 5 heteroatoms. The number of amides is 1. The van der Waals surface area contributed by atoms with Crippen molar-refractivity contribution in [3.63, 3.8) is 0 Å². The molecular weight excluding hydrogens is 256 g/mol. The minimum absolute atomic E-state index is 0.0605. The van der Waals surface area contributed by atoms with Gasteiger partial charge >= 0.3 is 0 Å². The van der Waals surface area contributed by atoms with Crippen LogP contribution in [-0.4, -0.2) is 27.6 Å². The summed E-state index contributed by atoms with van der Waals surface area (Å²) in [5, 5.41) is 13.9. The van der Waals surface area contributed by atoms with Gasteiger partial charge in [-0.1, -0.05) is 29.4 Å². The van der Waals surface area contributed by atoms with E-state index in [0.717, 1.165) is 16.8 Å². The second kappa shape index (κ2) is 5.09. The quantitative estimate of drug-likeness (QED) is 0.901. The molecule has 0 spiro atoms. The maximum Gasteiger partial charge on any atom is 0.230 e. The lowest BCUT2D eigenvalue weighted by Gasteiger charge is -2.32. The molecule has 1 aliphatic rings. The molecule has 1 aliphatic heterocycles. The number of nitrogens with zero attached hydrogens (tertiary/aromatic N) is 2. The van der Waals surface area contributed by atoms with Crippen molar-refractivity contribution in [2.24, 2.45) is 0 Å². The number of hydrogen-bond acceptors (Lipinski definition) is 4. The summed E-state index contributed by atoms with van der Waals surface area (Å²) in [6.07, 6.45) is -0.448. The van der Waals surface area contributed by atoms with Crippen LogP contribution in [0.5, 0.6) is 0 Å². The van der Waals surface area contributed by atoms with Gasteiger partial charge in [0.05, 0.1) is 24.8 Å². The lowest BCUT2D eigenvalue weighted by atomic mass is 9.97. The standard InChI is InChI=1S/C15H16N2O3/c1-10-6-12(20-16-10)7-15(19)17-8-11-4-2-3-5-13(11)14(18)9-17/h2-6,14,18H,7-9H2,1H3/t14-/m0/s1. The molecule has 0 radical (unpaired) electrons. The summed E-state index contributed by atoms with van der Waals surface area (Å²) in [4.78, 5) is 13.9. The van der Waals surface area contributed by atoms with Crippen molar-refractivity contribution in [3.05, 3.63) is 52.9 Å². The third kappa shape index (κ3) is 2.44. The molecule has 1 atom stereocenters. The third-order valence-electron chi connectivity index (χ3n) is 3.52. The summed E-state index contributed by atoms with van der Waals surface area (Å²) >= 11 is 0. The predicted octanol–water partition coefficient (Wildman–Crippen LogP) is 1.60. The Labute approximate surface area is 116 Å². The number of aryl methyl sites for hydroxylation is 1. The molecule has 0 fully saturated rings. The van der Waals surface area contributed by atoms with Gasteiger partial charge in [-0.2, -0.15) is 0 Å². The number of fused-ring (bicyclic) bond motifs is 1. The predicted molar refractivity (Wildman–Crippen MR) is 71.8 cm³/mol. The molecule has 0 bridgehead atoms. The van der Waals surface area contributed by atoms with Crippen LogP contribution in [0.1, 0.15) is 28.7 Å². The van der Waals surface area contributed by atoms with Gasteiger partial charge in [-0.3, -0.25) is 4.79 Å². The summed E-state index contributed by atoms with van der Waals surface area (Å²) < 4.78 is 5.06. The van der Waals surface area contributed by atoms with Gasteiger partial charge in [0.25, 0.3) is 0 Å². The fraction of sp³-hybridized carbons (Fsp3) is 0.333. The van der Waals surface area contributed by atoms with E-state index in [1.54, 1.807) is 11.0 Å². The highest BCUT2D eigenvalue weighted by Gasteiger charge is 2.26. The molecule has 1 aromatic carbocycles. The van der Waals surface area contributed by atoms with Gasteiger partial charge in [-0.25, -0.2) is 0 Å². The minimum atomic E-state index is -0.625. The Kier molecular flexibility index (Phi) is 3.28. The van der Waals surface area contributed by atoms with Crippen molar-refractivity contribution in [2.75, 3.05) is 6.54 Å². The van der Waals surface area contributed by atoms with Crippen LogP contribution < -0.4 is 0 Å². The Morgan fingerprint density at radius 3 is 3.05 bits per heavy atom. The van der Waals surface area contributed by atoms with Crippen LogP contribution in [0.25, 0.3) is 0 Å². The number of β-amino-alcohol motifs (C(OH)–C–C–N with tert-alkyl or cyclic N) is 1. The van der Waals surface area contributed by atoms with Crippen molar-refractivity contribution >= 4 is 5.91 Å². The topological polar surface area (TPSA) is 66.6 Å². The molecule has 0 saturated carbocycles. The summed E-state index contributed by atoms with van der Waals surface area (Å²) in [6, 6.07) is 9.42. The summed E-state index contributed by atoms with van der Waals surface area (Å²) in [5.41, 5.74) is 2.66. The number of aliphatic hydroxyl groups excluding tert-OH is 1. The summed E-state index contributed by atoms with van der Waals surface area (Å²) in [7, 11) is 0. The Balaban J connectivity index is 1.74. The highest BCUT2D eigenvalue weighted by atomic mass is 16.5. The van der Waals surface area contributed by atoms with Gasteiger partial charge < -0.3 is 14.5 Å². The van der Waals surface area contributed by atoms with E-state index in [-0.39, 0.29) is 12.3 Å². The maximum atomic E-state index is 12.3. The number of benzene rings is 1. The molecule has 5 nitrogen and oxygen atoms in total. The third-order valence-corrected chi connectivity index (χ3v) is 3.52. The van der Waals surface area contributed by atoms with Crippen LogP contribution in [-0.2, 0) is 17.8 Å². The summed E-state index contributed by atoms with van der Waals surface area (Å²) in [5.74, 6) is 0.496. The highest BCUT2D eigenvalue weighted by molar-refractivity contribution is 5.78. The molecular formula is C15H16N2O3. The highest BCUT2D eigenvalue weighted by Crippen LogP contribution is 2.26. The Morgan fingerprint density at radius 1 is 1.50 bits per heavy atom. The van der Waals surface area contributed by atoms with Gasteiger partial charge in [-0.05, 0) is 18.1 Å². The van der Waals surface area contributed by atoms with Crippen molar-refractivity contribution in [1.29, 1.82) is 0 Å². The van der Waals surface area contributed by atoms with Crippen molar-refractivity contribution in [3.8, 4) is 0 Å². The Morgan fingerprint density at radius 2 is 2.30 bits per heavy atom. The Hall–Kier alpha value is -2.14. The van der Waals surface area contributed by atoms with Gasteiger partial charge in [0.2, 0.25) is 5.91 Å². The van der Waals surface area contributed by atoms with Crippen LogP contribution in [0.4, 0.5) is 0 Å². The van der Waals surface area contributed by atoms with E-state index in [9.17, 15) is 9.90 Å². The minimum Gasteiger partial charge on any atom is -0.387 e. The number of hydrogen-bond donors (Lipinski definition) is 1. The smallest absolute Gasteiger partial charge is 0.230 e. The van der Waals surface area contributed by atoms with E-state index in [4.69, 9.17) is 4.52 Å². The first-order valence-electron chi connectivity index (χ1n) is 6.59. The van der Waals surface area contributed by atoms with E-state index >= 15 is 0 Å². The Bertz CT molecular complexity index is 636. The second-order valence-electron chi connectivity index (χ2n) is 5.10. The van der Waals surface area contributed by atoms with Crippen LogP contribution in [0.3, 0.4) is 0 Å². The van der Waals surface area contributed by atoms with Gasteiger partial charge in [-0.15, -0.1) is 0 Å². The maximum absolute atomic E-state index is 12.3. The zero-order valence-corrected chi connectivity index (χ0v) is 11.2. The molecule has 1 aromatic heterocycles. The molecule has 104 valence electrons. The lowest BCUT2D eigenvalue weighted by Crippen LogP contribution is -2.39. The molecule has 2 heterocycles. The normalized spacial score (nSPS) is 17.9. The van der Waals surface area contributed by atoms with E-state index in [0.29, 0.717) is 18.8 Å². The lowest BCUT2D eigenvalue weighted by molar-refractivity contribution is -0.133. The van der Waals surface area contributed by atoms with Gasteiger partial charge in [0.1, 0.15) is 5.76 Å². The zero-order chi connectivity index (χ0) is 14.1. The number of rotatable bonds is 2. The van der Waals surface area contributed by atoms with Crippen LogP contribution in [0.15, 0.2) is 34.9 Å². The fourth-order valence-corrected chi connectivity index (χ4v) is 2.53. The molecule has 0 saturated heterocycles. The molecule has 1 amide bonds. The van der Waals surface area contributed by atoms with Crippen molar-refractivity contribution in [1.82, 2.24) is 10.1 Å². The number of carbonyl (C=O) groups excluding carboxylic acids is 1. The van der Waals surface area contributed by atoms with Crippen LogP contribution in [0, 0.1) is 6.92 Å². The second-order valence-corrected chi connectivity index (χ2v) is 5.10. The van der Waals surface area contributed by atoms with Crippen molar-refractivity contribution in [2.45, 2.75) is 26.0 Å². The SMILES string of the molecule is Cc1cc(CC(=O)N2Cc3ccccc3[C@@H](O)C2)on1. The molecule has 2 aromatic rings. The first kappa shape index (κ1) is 12.9. The first-order valence-corrected chi connectivity index (χ1v) is 6.59. The first-order chi connectivity index (χ1) is 9.63. The van der Waals surface area contributed by atoms with E-state index in [2.05, 4.69) is 5.16 Å². The van der Waals surface area contributed by atoms with E-state index in [1.807, 2.05) is 31.2 Å². The average Bonchev–Trinajstić information content (AvgIpc) is 2.84. The summed E-state index contributed by atoms with van der Waals surface area (Å²) in [6.45, 7) is 2.67. The molecule has 0 aliphatic carbocycles. The van der Waals surface area contributed by atoms with E-state index < -0.39 is 6.10 Å². The molecule has 20 heavy (non-hydrogen) atoms. The van der Waals surface area contributed by atoms with Crippen LogP contribution in [0.2, 0.25) is 0 Å². The zero-order valence-electron chi connectivity index (χ0n) is 11.2. The van der Waals surface area contributed by atoms with Gasteiger partial charge in [0, 0.05) is 12.6 Å². The number of aromatic nitrogens is 1. The molecule has 3 rings (SSSR count). The van der Waals surface area contributed by atoms with Crippen LogP contribution >= 0.6 is 0 Å². The molecule has 0 unspecified atom stereocenters. The average molecular weight is 272 g/mol. The van der Waals surface area contributed by atoms with Gasteiger partial charge in [0.15, 0.2) is 0 Å². The largest absolute Gasteiger partial charge is 0.387 e.